The molecule has 1 N–H and O–H groups in total. The van der Waals surface area contributed by atoms with Crippen LogP contribution in [-0.4, -0.2) is 23.3 Å². The highest BCUT2D eigenvalue weighted by Crippen LogP contribution is 2.29. The Labute approximate surface area is 149 Å². The monoisotopic (exact) mass is 368 g/mol. The van der Waals surface area contributed by atoms with Crippen LogP contribution in [0, 0.1) is 5.82 Å². The standard InChI is InChI=1S/C17H15Cl2FN2O2/c1-11(23)22(9-12-5-7-13(20)8-6-12)10-16(24)21-15-4-2-3-14(18)17(15)19/h2-8H,9-10H2,1H3,(H,21,24). The predicted octanol–water partition coefficient (Wildman–Crippen LogP) is 4.12. The van der Waals surface area contributed by atoms with Crippen LogP contribution in [0.15, 0.2) is 42.5 Å². The lowest BCUT2D eigenvalue weighted by Gasteiger charge is -2.21. The van der Waals surface area contributed by atoms with E-state index in [4.69, 9.17) is 23.2 Å². The molecule has 2 amide bonds. The number of anilines is 1. The van der Waals surface area contributed by atoms with Crippen molar-refractivity contribution in [2.75, 3.05) is 11.9 Å². The number of carbonyl (C=O) groups excluding carboxylic acids is 2. The normalized spacial score (nSPS) is 10.3. The zero-order chi connectivity index (χ0) is 17.7. The Kier molecular flexibility index (Phi) is 6.17. The molecule has 0 fully saturated rings. The molecule has 0 saturated carbocycles. The van der Waals surface area contributed by atoms with Gasteiger partial charge >= 0.3 is 0 Å². The first-order chi connectivity index (χ1) is 11.4. The smallest absolute Gasteiger partial charge is 0.244 e. The Balaban J connectivity index is 2.04. The van der Waals surface area contributed by atoms with Crippen LogP contribution in [-0.2, 0) is 16.1 Å². The van der Waals surface area contributed by atoms with Gasteiger partial charge in [0.05, 0.1) is 15.7 Å². The van der Waals surface area contributed by atoms with Crippen LogP contribution in [0.3, 0.4) is 0 Å². The van der Waals surface area contributed by atoms with E-state index in [1.165, 1.54) is 24.0 Å². The van der Waals surface area contributed by atoms with Gasteiger partial charge in [-0.2, -0.15) is 0 Å². The Hall–Kier alpha value is -2.11. The summed E-state index contributed by atoms with van der Waals surface area (Å²) in [7, 11) is 0. The van der Waals surface area contributed by atoms with Crippen LogP contribution in [0.1, 0.15) is 12.5 Å². The van der Waals surface area contributed by atoms with Crippen molar-refractivity contribution in [3.05, 3.63) is 63.9 Å². The summed E-state index contributed by atoms with van der Waals surface area (Å²) in [6.07, 6.45) is 0. The summed E-state index contributed by atoms with van der Waals surface area (Å²) in [6.45, 7) is 1.41. The van der Waals surface area contributed by atoms with E-state index < -0.39 is 5.91 Å². The van der Waals surface area contributed by atoms with E-state index in [9.17, 15) is 14.0 Å². The zero-order valence-corrected chi connectivity index (χ0v) is 14.4. The molecule has 7 heteroatoms. The van der Waals surface area contributed by atoms with Gasteiger partial charge in [-0.05, 0) is 29.8 Å². The fraction of sp³-hybridized carbons (Fsp3) is 0.176. The van der Waals surface area contributed by atoms with Gasteiger partial charge in [-0.1, -0.05) is 41.4 Å². The largest absolute Gasteiger partial charge is 0.329 e. The SMILES string of the molecule is CC(=O)N(CC(=O)Nc1cccc(Cl)c1Cl)Cc1ccc(F)cc1. The van der Waals surface area contributed by atoms with Crippen LogP contribution >= 0.6 is 23.2 Å². The molecule has 2 rings (SSSR count). The summed E-state index contributed by atoms with van der Waals surface area (Å²) >= 11 is 11.9. The van der Waals surface area contributed by atoms with Crippen LogP contribution < -0.4 is 5.32 Å². The topological polar surface area (TPSA) is 49.4 Å². The lowest BCUT2D eigenvalue weighted by Crippen LogP contribution is -2.36. The van der Waals surface area contributed by atoms with E-state index in [0.717, 1.165) is 5.56 Å². The third-order valence-corrected chi connectivity index (χ3v) is 4.11. The van der Waals surface area contributed by atoms with E-state index in [2.05, 4.69) is 5.32 Å². The van der Waals surface area contributed by atoms with Gasteiger partial charge in [-0.15, -0.1) is 0 Å². The first kappa shape index (κ1) is 18.2. The molecule has 0 atom stereocenters. The second-order valence-corrected chi connectivity index (χ2v) is 5.94. The fourth-order valence-corrected chi connectivity index (χ4v) is 2.40. The molecule has 0 radical (unpaired) electrons. The van der Waals surface area contributed by atoms with Crippen molar-refractivity contribution in [2.45, 2.75) is 13.5 Å². The van der Waals surface area contributed by atoms with Gasteiger partial charge in [-0.25, -0.2) is 4.39 Å². The van der Waals surface area contributed by atoms with Crippen LogP contribution in [0.25, 0.3) is 0 Å². The van der Waals surface area contributed by atoms with E-state index in [-0.39, 0.29) is 29.8 Å². The summed E-state index contributed by atoms with van der Waals surface area (Å²) < 4.78 is 12.9. The Morgan fingerprint density at radius 3 is 2.42 bits per heavy atom. The van der Waals surface area contributed by atoms with Gasteiger partial charge in [0.2, 0.25) is 11.8 Å². The maximum Gasteiger partial charge on any atom is 0.244 e. The highest BCUT2D eigenvalue weighted by molar-refractivity contribution is 6.44. The van der Waals surface area contributed by atoms with Crippen LogP contribution in [0.5, 0.6) is 0 Å². The minimum absolute atomic E-state index is 0.157. The van der Waals surface area contributed by atoms with Gasteiger partial charge < -0.3 is 10.2 Å². The number of nitrogens with one attached hydrogen (secondary N) is 1. The Morgan fingerprint density at radius 2 is 1.79 bits per heavy atom. The average Bonchev–Trinajstić information content (AvgIpc) is 2.53. The number of hydrogen-bond donors (Lipinski definition) is 1. The van der Waals surface area contributed by atoms with E-state index in [1.54, 1.807) is 30.3 Å². The number of amides is 2. The summed E-state index contributed by atoms with van der Waals surface area (Å²) in [4.78, 5) is 25.3. The third-order valence-electron chi connectivity index (χ3n) is 3.29. The summed E-state index contributed by atoms with van der Waals surface area (Å²) in [5, 5.41) is 3.18. The summed E-state index contributed by atoms with van der Waals surface area (Å²) in [5.41, 5.74) is 1.10. The molecule has 126 valence electrons. The van der Waals surface area contributed by atoms with Crippen LogP contribution in [0.2, 0.25) is 10.0 Å². The average molecular weight is 369 g/mol. The van der Waals surface area contributed by atoms with Gasteiger partial charge in [0.1, 0.15) is 12.4 Å². The number of hydrogen-bond acceptors (Lipinski definition) is 2. The van der Waals surface area contributed by atoms with Crippen LogP contribution in [0.4, 0.5) is 10.1 Å². The maximum absolute atomic E-state index is 12.9. The minimum atomic E-state index is -0.406. The highest BCUT2D eigenvalue weighted by atomic mass is 35.5. The second-order valence-electron chi connectivity index (χ2n) is 5.15. The lowest BCUT2D eigenvalue weighted by atomic mass is 10.2. The highest BCUT2D eigenvalue weighted by Gasteiger charge is 2.15. The molecule has 0 aromatic heterocycles. The fourth-order valence-electron chi connectivity index (χ4n) is 2.05. The molecule has 0 heterocycles. The van der Waals surface area contributed by atoms with Gasteiger partial charge in [0.25, 0.3) is 0 Å². The number of nitrogens with zero attached hydrogens (tertiary/aromatic N) is 1. The van der Waals surface area contributed by atoms with E-state index in [0.29, 0.717) is 10.7 Å². The first-order valence-corrected chi connectivity index (χ1v) is 7.86. The Morgan fingerprint density at radius 1 is 1.12 bits per heavy atom. The molecule has 0 spiro atoms. The first-order valence-electron chi connectivity index (χ1n) is 7.10. The molecular formula is C17H15Cl2FN2O2. The molecule has 0 aliphatic rings. The zero-order valence-electron chi connectivity index (χ0n) is 12.9. The molecule has 2 aromatic carbocycles. The number of carbonyl (C=O) groups is 2. The maximum atomic E-state index is 12.9. The number of rotatable bonds is 5. The second kappa shape index (κ2) is 8.13. The number of halogens is 3. The lowest BCUT2D eigenvalue weighted by molar-refractivity contribution is -0.133. The summed E-state index contributed by atoms with van der Waals surface area (Å²) in [6, 6.07) is 10.6. The molecule has 0 aliphatic heterocycles. The molecule has 0 unspecified atom stereocenters. The van der Waals surface area contributed by atoms with E-state index in [1.807, 2.05) is 0 Å². The number of benzene rings is 2. The van der Waals surface area contributed by atoms with Gasteiger partial charge in [-0.3, -0.25) is 9.59 Å². The van der Waals surface area contributed by atoms with Crippen molar-refractivity contribution in [1.29, 1.82) is 0 Å². The third kappa shape index (κ3) is 4.94. The molecule has 0 saturated heterocycles. The van der Waals surface area contributed by atoms with Crippen molar-refractivity contribution in [2.24, 2.45) is 0 Å². The molecule has 0 bridgehead atoms. The van der Waals surface area contributed by atoms with Crippen molar-refractivity contribution in [3.63, 3.8) is 0 Å². The minimum Gasteiger partial charge on any atom is -0.329 e. The quantitative estimate of drug-likeness (QED) is 0.862. The summed E-state index contributed by atoms with van der Waals surface area (Å²) in [5.74, 6) is -1.04. The van der Waals surface area contributed by atoms with Gasteiger partial charge in [0.15, 0.2) is 0 Å². The van der Waals surface area contributed by atoms with Crippen molar-refractivity contribution >= 4 is 40.7 Å². The molecular weight excluding hydrogens is 354 g/mol. The van der Waals surface area contributed by atoms with E-state index >= 15 is 0 Å². The molecule has 0 aliphatic carbocycles. The molecule has 24 heavy (non-hydrogen) atoms. The predicted molar refractivity (Wildman–Crippen MR) is 92.6 cm³/mol. The van der Waals surface area contributed by atoms with Crippen molar-refractivity contribution in [1.82, 2.24) is 4.90 Å². The molecule has 4 nitrogen and oxygen atoms in total. The molecule has 2 aromatic rings. The Bertz CT molecular complexity index is 751. The van der Waals surface area contributed by atoms with Gasteiger partial charge in [0, 0.05) is 13.5 Å². The van der Waals surface area contributed by atoms with Crippen molar-refractivity contribution in [3.8, 4) is 0 Å². The van der Waals surface area contributed by atoms with Crippen molar-refractivity contribution < 1.29 is 14.0 Å².